The van der Waals surface area contributed by atoms with Crippen molar-refractivity contribution in [2.75, 3.05) is 6.54 Å². The number of rotatable bonds is 4. The lowest BCUT2D eigenvalue weighted by atomic mass is 9.84. The summed E-state index contributed by atoms with van der Waals surface area (Å²) >= 11 is 0. The van der Waals surface area contributed by atoms with Gasteiger partial charge in [-0.05, 0) is 91.5 Å². The number of nitrogens with zero attached hydrogens (tertiary/aromatic N) is 2. The molecule has 2 N–H and O–H groups in total. The van der Waals surface area contributed by atoms with Gasteiger partial charge in [-0.15, -0.1) is 0 Å². The number of hydrogen-bond donors (Lipinski definition) is 1. The van der Waals surface area contributed by atoms with Gasteiger partial charge in [-0.25, -0.2) is 8.78 Å². The molecule has 0 aromatic heterocycles. The highest BCUT2D eigenvalue weighted by Crippen LogP contribution is 2.49. The molecule has 31 heavy (non-hydrogen) atoms. The summed E-state index contributed by atoms with van der Waals surface area (Å²) in [7, 11) is 0. The van der Waals surface area contributed by atoms with Gasteiger partial charge in [0.1, 0.15) is 17.7 Å². The van der Waals surface area contributed by atoms with Gasteiger partial charge >= 0.3 is 0 Å². The molecule has 2 aromatic carbocycles. The van der Waals surface area contributed by atoms with Crippen molar-refractivity contribution in [1.82, 2.24) is 4.90 Å². The molecule has 3 atom stereocenters. The van der Waals surface area contributed by atoms with E-state index in [0.29, 0.717) is 17.5 Å². The van der Waals surface area contributed by atoms with E-state index in [1.807, 2.05) is 19.9 Å². The summed E-state index contributed by atoms with van der Waals surface area (Å²) in [4.78, 5) is 2.49. The normalized spacial score (nSPS) is 27.0. The zero-order valence-corrected chi connectivity index (χ0v) is 18.6. The molecule has 3 aliphatic rings. The first kappa shape index (κ1) is 21.9. The Kier molecular flexibility index (Phi) is 5.89. The standard InChI is InChI=1S/C24H25F2N3.C2H6/c1-24-6-7-29(24)19(12-22(24)28)9-17-8-18(25)11-20(23(17)14-2-3-14)15-4-5-16(13-27)21(26)10-15;1-2/h4-5,8,10-11,14,19,22H,2-3,6-7,9,12,28H2,1H3;1-2H3/t19?,22-,24?;/m1./s1. The van der Waals surface area contributed by atoms with E-state index in [9.17, 15) is 8.78 Å². The predicted molar refractivity (Wildman–Crippen MR) is 120 cm³/mol. The first-order valence-electron chi connectivity index (χ1n) is 11.5. The summed E-state index contributed by atoms with van der Waals surface area (Å²) in [5, 5.41) is 9.01. The molecule has 2 aromatic rings. The molecule has 0 radical (unpaired) electrons. The van der Waals surface area contributed by atoms with Crippen LogP contribution < -0.4 is 5.73 Å². The number of hydrogen-bond acceptors (Lipinski definition) is 3. The van der Waals surface area contributed by atoms with E-state index >= 15 is 0 Å². The third kappa shape index (κ3) is 3.77. The molecule has 2 heterocycles. The molecular formula is C26H31F2N3. The SMILES string of the molecule is CC.CC12CCN1C(Cc1cc(F)cc(-c3ccc(C#N)c(F)c3)c1C1CC1)C[C@H]2N. The number of benzene rings is 2. The van der Waals surface area contributed by atoms with Gasteiger partial charge in [-0.3, -0.25) is 4.90 Å². The van der Waals surface area contributed by atoms with Crippen molar-refractivity contribution in [2.45, 2.75) is 76.4 Å². The minimum atomic E-state index is -0.560. The first-order valence-corrected chi connectivity index (χ1v) is 11.5. The highest BCUT2D eigenvalue weighted by molar-refractivity contribution is 5.71. The Bertz CT molecular complexity index is 1020. The molecule has 5 heteroatoms. The van der Waals surface area contributed by atoms with E-state index in [0.717, 1.165) is 55.3 Å². The zero-order valence-electron chi connectivity index (χ0n) is 18.6. The Hall–Kier alpha value is -2.29. The second-order valence-corrected chi connectivity index (χ2v) is 9.11. The lowest BCUT2D eigenvalue weighted by molar-refractivity contribution is 0.00501. The Morgan fingerprint density at radius 2 is 1.94 bits per heavy atom. The second kappa shape index (κ2) is 8.33. The van der Waals surface area contributed by atoms with Crippen molar-refractivity contribution >= 4 is 0 Å². The first-order chi connectivity index (χ1) is 14.9. The van der Waals surface area contributed by atoms with E-state index in [4.69, 9.17) is 11.0 Å². The molecule has 0 bridgehead atoms. The lowest BCUT2D eigenvalue weighted by Gasteiger charge is -2.50. The maximum absolute atomic E-state index is 14.7. The molecule has 1 saturated carbocycles. The Labute approximate surface area is 183 Å². The average molecular weight is 424 g/mol. The monoisotopic (exact) mass is 423 g/mol. The minimum absolute atomic E-state index is 0.00959. The largest absolute Gasteiger partial charge is 0.326 e. The maximum atomic E-state index is 14.7. The maximum Gasteiger partial charge on any atom is 0.141 e. The number of fused-ring (bicyclic) bond motifs is 1. The van der Waals surface area contributed by atoms with Gasteiger partial charge in [-0.1, -0.05) is 19.9 Å². The Morgan fingerprint density at radius 1 is 1.19 bits per heavy atom. The minimum Gasteiger partial charge on any atom is -0.326 e. The van der Waals surface area contributed by atoms with Crippen LogP contribution in [-0.2, 0) is 6.42 Å². The van der Waals surface area contributed by atoms with Gasteiger partial charge in [0.25, 0.3) is 0 Å². The van der Waals surface area contributed by atoms with Crippen LogP contribution in [0.3, 0.4) is 0 Å². The van der Waals surface area contributed by atoms with Crippen molar-refractivity contribution in [3.63, 3.8) is 0 Å². The number of nitriles is 1. The van der Waals surface area contributed by atoms with E-state index in [1.54, 1.807) is 12.1 Å². The fourth-order valence-corrected chi connectivity index (χ4v) is 5.42. The Morgan fingerprint density at radius 3 is 2.48 bits per heavy atom. The number of nitrogens with two attached hydrogens (primary N) is 1. The molecule has 3 nitrogen and oxygen atoms in total. The summed E-state index contributed by atoms with van der Waals surface area (Å²) in [5.41, 5.74) is 10.1. The highest BCUT2D eigenvalue weighted by atomic mass is 19.1. The highest BCUT2D eigenvalue weighted by Gasteiger charge is 2.54. The van der Waals surface area contributed by atoms with Crippen LogP contribution in [0.2, 0.25) is 0 Å². The molecule has 2 saturated heterocycles. The van der Waals surface area contributed by atoms with E-state index in [1.165, 1.54) is 18.2 Å². The summed E-state index contributed by atoms with van der Waals surface area (Å²) in [6.45, 7) is 7.29. The fraction of sp³-hybridized carbons (Fsp3) is 0.500. The molecule has 164 valence electrons. The van der Waals surface area contributed by atoms with E-state index in [-0.39, 0.29) is 23.0 Å². The molecule has 3 fully saturated rings. The van der Waals surface area contributed by atoms with Gasteiger partial charge in [0.2, 0.25) is 0 Å². The van der Waals surface area contributed by atoms with Crippen molar-refractivity contribution in [1.29, 1.82) is 5.26 Å². The summed E-state index contributed by atoms with van der Waals surface area (Å²) in [6.07, 6.45) is 4.99. The van der Waals surface area contributed by atoms with Gasteiger partial charge in [0.05, 0.1) is 5.56 Å². The molecule has 5 rings (SSSR count). The topological polar surface area (TPSA) is 53.0 Å². The van der Waals surface area contributed by atoms with Crippen LogP contribution in [0.4, 0.5) is 8.78 Å². The van der Waals surface area contributed by atoms with Crippen LogP contribution in [0.15, 0.2) is 30.3 Å². The summed E-state index contributed by atoms with van der Waals surface area (Å²) < 4.78 is 28.9. The third-order valence-electron chi connectivity index (χ3n) is 7.35. The van der Waals surface area contributed by atoms with Crippen LogP contribution in [0.5, 0.6) is 0 Å². The second-order valence-electron chi connectivity index (χ2n) is 9.11. The van der Waals surface area contributed by atoms with Crippen LogP contribution in [0, 0.1) is 23.0 Å². The molecule has 2 unspecified atom stereocenters. The van der Waals surface area contributed by atoms with E-state index < -0.39 is 5.82 Å². The third-order valence-corrected chi connectivity index (χ3v) is 7.35. The van der Waals surface area contributed by atoms with Crippen molar-refractivity contribution in [3.05, 3.63) is 58.7 Å². The smallest absolute Gasteiger partial charge is 0.141 e. The Balaban J connectivity index is 0.00000112. The summed E-state index contributed by atoms with van der Waals surface area (Å²) in [6, 6.07) is 10.1. The summed E-state index contributed by atoms with van der Waals surface area (Å²) in [5.74, 6) is -0.453. The van der Waals surface area contributed by atoms with Crippen LogP contribution in [0.25, 0.3) is 11.1 Å². The zero-order chi connectivity index (χ0) is 22.3. The molecule has 1 aliphatic carbocycles. The van der Waals surface area contributed by atoms with Gasteiger partial charge < -0.3 is 5.73 Å². The van der Waals surface area contributed by atoms with Crippen LogP contribution >= 0.6 is 0 Å². The van der Waals surface area contributed by atoms with Gasteiger partial charge in [-0.2, -0.15) is 5.26 Å². The average Bonchev–Trinajstić information content (AvgIpc) is 3.55. The van der Waals surface area contributed by atoms with E-state index in [2.05, 4.69) is 11.8 Å². The predicted octanol–water partition coefficient (Wildman–Crippen LogP) is 5.51. The van der Waals surface area contributed by atoms with Crippen molar-refractivity contribution in [3.8, 4) is 17.2 Å². The quantitative estimate of drug-likeness (QED) is 0.705. The fourth-order valence-electron chi connectivity index (χ4n) is 5.42. The lowest BCUT2D eigenvalue weighted by Crippen LogP contribution is -2.62. The molecule has 0 spiro atoms. The molecular weight excluding hydrogens is 392 g/mol. The van der Waals surface area contributed by atoms with Gasteiger partial charge in [0.15, 0.2) is 0 Å². The molecule has 0 amide bonds. The van der Waals surface area contributed by atoms with Crippen molar-refractivity contribution in [2.24, 2.45) is 5.73 Å². The number of halogens is 2. The molecule has 2 aliphatic heterocycles. The van der Waals surface area contributed by atoms with Gasteiger partial charge in [0, 0.05) is 24.2 Å². The van der Waals surface area contributed by atoms with Crippen LogP contribution in [0.1, 0.15) is 69.1 Å². The van der Waals surface area contributed by atoms with Crippen LogP contribution in [-0.4, -0.2) is 29.1 Å². The van der Waals surface area contributed by atoms with Crippen molar-refractivity contribution < 1.29 is 8.78 Å².